The van der Waals surface area contributed by atoms with Crippen LogP contribution in [-0.2, 0) is 12.8 Å². The van der Waals surface area contributed by atoms with Crippen LogP contribution < -0.4 is 5.73 Å². The highest BCUT2D eigenvalue weighted by atomic mass is 16.3. The van der Waals surface area contributed by atoms with Crippen molar-refractivity contribution < 1.29 is 10.2 Å². The Morgan fingerprint density at radius 1 is 1.31 bits per heavy atom. The van der Waals surface area contributed by atoms with Gasteiger partial charge in [0.2, 0.25) is 0 Å². The minimum absolute atomic E-state index is 0.156. The third-order valence-electron chi connectivity index (χ3n) is 3.45. The van der Waals surface area contributed by atoms with E-state index >= 15 is 0 Å². The zero-order valence-corrected chi connectivity index (χ0v) is 9.66. The van der Waals surface area contributed by atoms with Crippen LogP contribution in [0.25, 0.3) is 0 Å². The van der Waals surface area contributed by atoms with Crippen molar-refractivity contribution in [2.75, 3.05) is 6.54 Å². The molecule has 1 unspecified atom stereocenters. The van der Waals surface area contributed by atoms with E-state index in [0.717, 1.165) is 30.4 Å². The number of rotatable bonds is 2. The van der Waals surface area contributed by atoms with Crippen LogP contribution in [0.3, 0.4) is 0 Å². The number of fused-ring (bicyclic) bond motifs is 1. The van der Waals surface area contributed by atoms with Crippen molar-refractivity contribution in [2.24, 2.45) is 5.73 Å². The van der Waals surface area contributed by atoms with Gasteiger partial charge in [-0.05, 0) is 55.4 Å². The molecule has 3 nitrogen and oxygen atoms in total. The molecule has 1 aliphatic rings. The van der Waals surface area contributed by atoms with E-state index in [1.807, 2.05) is 6.92 Å². The summed E-state index contributed by atoms with van der Waals surface area (Å²) in [5.41, 5.74) is 9.69. The van der Waals surface area contributed by atoms with E-state index in [-0.39, 0.29) is 12.3 Å². The quantitative estimate of drug-likeness (QED) is 0.710. The average molecular weight is 221 g/mol. The second kappa shape index (κ2) is 4.44. The van der Waals surface area contributed by atoms with Crippen LogP contribution in [0, 0.1) is 6.92 Å². The molecule has 1 aliphatic carbocycles. The molecule has 2 rings (SSSR count). The highest BCUT2D eigenvalue weighted by molar-refractivity contribution is 5.51. The predicted molar refractivity (Wildman–Crippen MR) is 63.5 cm³/mol. The first-order valence-electron chi connectivity index (χ1n) is 5.87. The number of hydrogen-bond acceptors (Lipinski definition) is 3. The molecule has 4 N–H and O–H groups in total. The zero-order valence-electron chi connectivity index (χ0n) is 9.66. The van der Waals surface area contributed by atoms with Gasteiger partial charge in [-0.1, -0.05) is 0 Å². The molecule has 3 heteroatoms. The van der Waals surface area contributed by atoms with Gasteiger partial charge in [0.25, 0.3) is 0 Å². The maximum absolute atomic E-state index is 9.93. The number of aliphatic hydroxyl groups is 1. The molecule has 0 fully saturated rings. The Hall–Kier alpha value is -1.06. The normalized spacial score (nSPS) is 16.9. The standard InChI is InChI=1S/C13H19NO2/c1-8-6-11(15)13(12(16)7-14)10-5-3-2-4-9(8)10/h6,12,15-16H,2-5,7,14H2,1H3. The van der Waals surface area contributed by atoms with E-state index in [1.165, 1.54) is 12.0 Å². The summed E-state index contributed by atoms with van der Waals surface area (Å²) in [6.45, 7) is 2.17. The van der Waals surface area contributed by atoms with Crippen LogP contribution in [0.1, 0.15) is 41.2 Å². The monoisotopic (exact) mass is 221 g/mol. The molecule has 0 radical (unpaired) electrons. The highest BCUT2D eigenvalue weighted by Crippen LogP contribution is 2.36. The number of aliphatic hydroxyl groups excluding tert-OH is 1. The van der Waals surface area contributed by atoms with Crippen molar-refractivity contribution in [3.63, 3.8) is 0 Å². The Morgan fingerprint density at radius 3 is 2.56 bits per heavy atom. The lowest BCUT2D eigenvalue weighted by atomic mass is 9.83. The predicted octanol–water partition coefficient (Wildman–Crippen LogP) is 1.57. The minimum atomic E-state index is -0.743. The van der Waals surface area contributed by atoms with Gasteiger partial charge < -0.3 is 15.9 Å². The molecule has 0 amide bonds. The second-order valence-corrected chi connectivity index (χ2v) is 4.54. The number of aryl methyl sites for hydroxylation is 1. The van der Waals surface area contributed by atoms with E-state index in [4.69, 9.17) is 5.73 Å². The summed E-state index contributed by atoms with van der Waals surface area (Å²) in [7, 11) is 0. The number of benzene rings is 1. The van der Waals surface area contributed by atoms with Gasteiger partial charge in [-0.2, -0.15) is 0 Å². The van der Waals surface area contributed by atoms with Gasteiger partial charge in [-0.25, -0.2) is 0 Å². The van der Waals surface area contributed by atoms with Gasteiger partial charge in [0.05, 0.1) is 6.10 Å². The van der Waals surface area contributed by atoms with Crippen molar-refractivity contribution in [3.8, 4) is 5.75 Å². The Morgan fingerprint density at radius 2 is 1.94 bits per heavy atom. The first-order chi connectivity index (χ1) is 7.65. The third kappa shape index (κ3) is 1.81. The summed E-state index contributed by atoms with van der Waals surface area (Å²) in [5, 5.41) is 19.8. The first-order valence-corrected chi connectivity index (χ1v) is 5.87. The lowest BCUT2D eigenvalue weighted by Crippen LogP contribution is -2.17. The number of nitrogens with two attached hydrogens (primary N) is 1. The molecule has 0 heterocycles. The van der Waals surface area contributed by atoms with Crippen LogP contribution in [0.15, 0.2) is 6.07 Å². The number of phenolic OH excluding ortho intramolecular Hbond substituents is 1. The van der Waals surface area contributed by atoms with E-state index in [2.05, 4.69) is 0 Å². The van der Waals surface area contributed by atoms with E-state index in [0.29, 0.717) is 5.56 Å². The molecular weight excluding hydrogens is 202 g/mol. The highest BCUT2D eigenvalue weighted by Gasteiger charge is 2.22. The number of hydrogen-bond donors (Lipinski definition) is 3. The third-order valence-corrected chi connectivity index (χ3v) is 3.45. The number of phenols is 1. The zero-order chi connectivity index (χ0) is 11.7. The largest absolute Gasteiger partial charge is 0.508 e. The van der Waals surface area contributed by atoms with Crippen LogP contribution in [-0.4, -0.2) is 16.8 Å². The maximum atomic E-state index is 9.93. The summed E-state index contributed by atoms with van der Waals surface area (Å²) in [5.74, 6) is 0.191. The molecule has 1 aromatic rings. The molecule has 0 spiro atoms. The van der Waals surface area contributed by atoms with E-state index in [1.54, 1.807) is 6.07 Å². The van der Waals surface area contributed by atoms with Crippen molar-refractivity contribution in [2.45, 2.75) is 38.7 Å². The van der Waals surface area contributed by atoms with Crippen molar-refractivity contribution >= 4 is 0 Å². The molecule has 88 valence electrons. The van der Waals surface area contributed by atoms with E-state index in [9.17, 15) is 10.2 Å². The minimum Gasteiger partial charge on any atom is -0.508 e. The summed E-state index contributed by atoms with van der Waals surface area (Å²) >= 11 is 0. The topological polar surface area (TPSA) is 66.5 Å². The van der Waals surface area contributed by atoms with E-state index < -0.39 is 6.10 Å². The van der Waals surface area contributed by atoms with Crippen LogP contribution in [0.2, 0.25) is 0 Å². The van der Waals surface area contributed by atoms with Crippen molar-refractivity contribution in [1.29, 1.82) is 0 Å². The van der Waals surface area contributed by atoms with Gasteiger partial charge >= 0.3 is 0 Å². The lowest BCUT2D eigenvalue weighted by Gasteiger charge is -2.24. The molecule has 1 atom stereocenters. The first kappa shape index (κ1) is 11.4. The summed E-state index contributed by atoms with van der Waals surface area (Å²) < 4.78 is 0. The molecule has 0 saturated heterocycles. The Labute approximate surface area is 95.9 Å². The Bertz CT molecular complexity index is 401. The molecule has 0 aromatic heterocycles. The molecule has 0 saturated carbocycles. The summed E-state index contributed by atoms with van der Waals surface area (Å²) in [6.07, 6.45) is 3.56. The van der Waals surface area contributed by atoms with Gasteiger partial charge in [0.1, 0.15) is 5.75 Å². The molecular formula is C13H19NO2. The molecule has 16 heavy (non-hydrogen) atoms. The summed E-state index contributed by atoms with van der Waals surface area (Å²) in [4.78, 5) is 0. The Balaban J connectivity index is 2.58. The molecule has 1 aromatic carbocycles. The van der Waals surface area contributed by atoms with Gasteiger partial charge in [0.15, 0.2) is 0 Å². The van der Waals surface area contributed by atoms with Gasteiger partial charge in [-0.3, -0.25) is 0 Å². The Kier molecular flexibility index (Phi) is 3.17. The average Bonchev–Trinajstić information content (AvgIpc) is 2.28. The van der Waals surface area contributed by atoms with Crippen LogP contribution >= 0.6 is 0 Å². The van der Waals surface area contributed by atoms with Gasteiger partial charge in [-0.15, -0.1) is 0 Å². The van der Waals surface area contributed by atoms with Crippen molar-refractivity contribution in [1.82, 2.24) is 0 Å². The summed E-state index contributed by atoms with van der Waals surface area (Å²) in [6, 6.07) is 1.75. The number of aromatic hydroxyl groups is 1. The SMILES string of the molecule is Cc1cc(O)c(C(O)CN)c2c1CCCC2. The van der Waals surface area contributed by atoms with Gasteiger partial charge in [0, 0.05) is 12.1 Å². The molecule has 0 bridgehead atoms. The van der Waals surface area contributed by atoms with Crippen molar-refractivity contribution in [3.05, 3.63) is 28.3 Å². The van der Waals surface area contributed by atoms with Crippen LogP contribution in [0.4, 0.5) is 0 Å². The molecule has 0 aliphatic heterocycles. The fraction of sp³-hybridized carbons (Fsp3) is 0.538. The second-order valence-electron chi connectivity index (χ2n) is 4.54. The van der Waals surface area contributed by atoms with Crippen LogP contribution in [0.5, 0.6) is 5.75 Å². The fourth-order valence-electron chi connectivity index (χ4n) is 2.65. The lowest BCUT2D eigenvalue weighted by molar-refractivity contribution is 0.181. The fourth-order valence-corrected chi connectivity index (χ4v) is 2.65. The maximum Gasteiger partial charge on any atom is 0.121 e. The smallest absolute Gasteiger partial charge is 0.121 e.